The number of sulfonamides is 1. The standard InChI is InChI=1S/C14H23N3O3S/c1-12(2)4-9-16-14(18)11-17(21(3,19)20)10-13-5-7-15-8-6-13/h5-8,12H,4,9-11H2,1-3H3,(H,16,18). The number of hydrogen-bond donors (Lipinski definition) is 1. The minimum atomic E-state index is -3.45. The number of carbonyl (C=O) groups is 1. The second-order valence-electron chi connectivity index (χ2n) is 5.42. The minimum Gasteiger partial charge on any atom is -0.355 e. The molecule has 0 aliphatic carbocycles. The van der Waals surface area contributed by atoms with Crippen LogP contribution in [0.5, 0.6) is 0 Å². The quantitative estimate of drug-likeness (QED) is 0.776. The normalized spacial score (nSPS) is 11.9. The van der Waals surface area contributed by atoms with E-state index >= 15 is 0 Å². The predicted molar refractivity (Wildman–Crippen MR) is 82.0 cm³/mol. The molecule has 0 unspecified atom stereocenters. The van der Waals surface area contributed by atoms with Gasteiger partial charge in [0.05, 0.1) is 12.8 Å². The van der Waals surface area contributed by atoms with Crippen LogP contribution in [0, 0.1) is 5.92 Å². The lowest BCUT2D eigenvalue weighted by molar-refractivity contribution is -0.121. The maximum absolute atomic E-state index is 11.8. The van der Waals surface area contributed by atoms with Crippen molar-refractivity contribution in [3.63, 3.8) is 0 Å². The number of aromatic nitrogens is 1. The molecule has 6 nitrogen and oxygen atoms in total. The van der Waals surface area contributed by atoms with E-state index in [4.69, 9.17) is 0 Å². The highest BCUT2D eigenvalue weighted by Crippen LogP contribution is 2.07. The molecule has 118 valence electrons. The molecule has 0 spiro atoms. The van der Waals surface area contributed by atoms with E-state index in [1.54, 1.807) is 24.5 Å². The second kappa shape index (κ2) is 8.09. The number of amides is 1. The van der Waals surface area contributed by atoms with Gasteiger partial charge in [0, 0.05) is 25.5 Å². The maximum atomic E-state index is 11.8. The zero-order valence-corrected chi connectivity index (χ0v) is 13.6. The van der Waals surface area contributed by atoms with Crippen molar-refractivity contribution in [1.29, 1.82) is 0 Å². The summed E-state index contributed by atoms with van der Waals surface area (Å²) in [5.74, 6) is 0.211. The molecule has 1 aromatic rings. The molecule has 1 rings (SSSR count). The van der Waals surface area contributed by atoms with Crippen molar-refractivity contribution in [2.24, 2.45) is 5.92 Å². The fourth-order valence-corrected chi connectivity index (χ4v) is 2.43. The number of nitrogens with one attached hydrogen (secondary N) is 1. The molecular weight excluding hydrogens is 290 g/mol. The fourth-order valence-electron chi connectivity index (χ4n) is 1.70. The van der Waals surface area contributed by atoms with Crippen molar-refractivity contribution in [2.45, 2.75) is 26.8 Å². The van der Waals surface area contributed by atoms with Gasteiger partial charge in [0.15, 0.2) is 0 Å². The Morgan fingerprint density at radius 2 is 1.95 bits per heavy atom. The zero-order chi connectivity index (χ0) is 15.9. The maximum Gasteiger partial charge on any atom is 0.235 e. The third-order valence-electron chi connectivity index (χ3n) is 2.94. The average molecular weight is 313 g/mol. The molecule has 0 aromatic carbocycles. The Hall–Kier alpha value is -1.47. The number of hydrogen-bond acceptors (Lipinski definition) is 4. The van der Waals surface area contributed by atoms with E-state index in [-0.39, 0.29) is 19.0 Å². The average Bonchev–Trinajstić information content (AvgIpc) is 2.37. The Morgan fingerprint density at radius 1 is 1.33 bits per heavy atom. The van der Waals surface area contributed by atoms with Crippen LogP contribution in [0.15, 0.2) is 24.5 Å². The van der Waals surface area contributed by atoms with Crippen molar-refractivity contribution in [1.82, 2.24) is 14.6 Å². The first kappa shape index (κ1) is 17.6. The van der Waals surface area contributed by atoms with Gasteiger partial charge in [0.25, 0.3) is 0 Å². The Balaban J connectivity index is 2.61. The first-order valence-electron chi connectivity index (χ1n) is 6.89. The van der Waals surface area contributed by atoms with Gasteiger partial charge in [-0.25, -0.2) is 8.42 Å². The lowest BCUT2D eigenvalue weighted by Crippen LogP contribution is -2.40. The van der Waals surface area contributed by atoms with Gasteiger partial charge in [-0.05, 0) is 30.0 Å². The largest absolute Gasteiger partial charge is 0.355 e. The second-order valence-corrected chi connectivity index (χ2v) is 7.40. The van der Waals surface area contributed by atoms with Gasteiger partial charge in [-0.15, -0.1) is 0 Å². The van der Waals surface area contributed by atoms with Crippen LogP contribution in [0.3, 0.4) is 0 Å². The summed E-state index contributed by atoms with van der Waals surface area (Å²) in [7, 11) is -3.45. The summed E-state index contributed by atoms with van der Waals surface area (Å²) < 4.78 is 24.7. The molecule has 0 aliphatic rings. The highest BCUT2D eigenvalue weighted by molar-refractivity contribution is 7.88. The van der Waals surface area contributed by atoms with Crippen molar-refractivity contribution >= 4 is 15.9 Å². The van der Waals surface area contributed by atoms with Crippen LogP contribution in [0.2, 0.25) is 0 Å². The molecular formula is C14H23N3O3S. The first-order valence-corrected chi connectivity index (χ1v) is 8.74. The molecule has 0 bridgehead atoms. The fraction of sp³-hybridized carbons (Fsp3) is 0.571. The van der Waals surface area contributed by atoms with E-state index in [0.29, 0.717) is 12.5 Å². The third-order valence-corrected chi connectivity index (χ3v) is 4.14. The molecule has 0 aliphatic heterocycles. The van der Waals surface area contributed by atoms with Gasteiger partial charge < -0.3 is 5.32 Å². The summed E-state index contributed by atoms with van der Waals surface area (Å²) in [6, 6.07) is 3.46. The van der Waals surface area contributed by atoms with Gasteiger partial charge in [-0.2, -0.15) is 4.31 Å². The molecule has 7 heteroatoms. The Morgan fingerprint density at radius 3 is 2.48 bits per heavy atom. The molecule has 0 saturated heterocycles. The van der Waals surface area contributed by atoms with Crippen LogP contribution in [0.1, 0.15) is 25.8 Å². The first-order chi connectivity index (χ1) is 9.79. The monoisotopic (exact) mass is 313 g/mol. The van der Waals surface area contributed by atoms with E-state index in [1.165, 1.54) is 0 Å². The topological polar surface area (TPSA) is 79.4 Å². The van der Waals surface area contributed by atoms with Gasteiger partial charge in [0.1, 0.15) is 0 Å². The smallest absolute Gasteiger partial charge is 0.235 e. The summed E-state index contributed by atoms with van der Waals surface area (Å²) in [4.78, 5) is 15.7. The van der Waals surface area contributed by atoms with Crippen molar-refractivity contribution in [3.05, 3.63) is 30.1 Å². The highest BCUT2D eigenvalue weighted by atomic mass is 32.2. The van der Waals surface area contributed by atoms with Crippen LogP contribution >= 0.6 is 0 Å². The van der Waals surface area contributed by atoms with Crippen molar-refractivity contribution in [2.75, 3.05) is 19.3 Å². The van der Waals surface area contributed by atoms with E-state index < -0.39 is 10.0 Å². The van der Waals surface area contributed by atoms with Gasteiger partial charge in [0.2, 0.25) is 15.9 Å². The lowest BCUT2D eigenvalue weighted by atomic mass is 10.1. The van der Waals surface area contributed by atoms with Gasteiger partial charge >= 0.3 is 0 Å². The SMILES string of the molecule is CC(C)CCNC(=O)CN(Cc1ccncc1)S(C)(=O)=O. The molecule has 1 aromatic heterocycles. The molecule has 1 N–H and O–H groups in total. The van der Waals surface area contributed by atoms with E-state index in [1.807, 2.05) is 0 Å². The molecule has 1 amide bonds. The molecule has 1 heterocycles. The van der Waals surface area contributed by atoms with Crippen LogP contribution in [-0.4, -0.2) is 43.0 Å². The van der Waals surface area contributed by atoms with E-state index in [9.17, 15) is 13.2 Å². The molecule has 0 radical (unpaired) electrons. The summed E-state index contributed by atoms with van der Waals surface area (Å²) in [5.41, 5.74) is 0.797. The summed E-state index contributed by atoms with van der Waals surface area (Å²) >= 11 is 0. The van der Waals surface area contributed by atoms with Crippen LogP contribution in [0.4, 0.5) is 0 Å². The van der Waals surface area contributed by atoms with Crippen LogP contribution in [-0.2, 0) is 21.4 Å². The molecule has 0 fully saturated rings. The number of carbonyl (C=O) groups excluding carboxylic acids is 1. The summed E-state index contributed by atoms with van der Waals surface area (Å²) in [6.45, 7) is 4.69. The molecule has 0 saturated carbocycles. The van der Waals surface area contributed by atoms with Crippen LogP contribution < -0.4 is 5.32 Å². The van der Waals surface area contributed by atoms with Gasteiger partial charge in [-0.3, -0.25) is 9.78 Å². The molecule has 0 atom stereocenters. The summed E-state index contributed by atoms with van der Waals surface area (Å²) in [5, 5.41) is 2.74. The predicted octanol–water partition coefficient (Wildman–Crippen LogP) is 1.01. The highest BCUT2D eigenvalue weighted by Gasteiger charge is 2.20. The Bertz CT molecular complexity index is 544. The minimum absolute atomic E-state index is 0.166. The van der Waals surface area contributed by atoms with E-state index in [0.717, 1.165) is 22.5 Å². The summed E-state index contributed by atoms with van der Waals surface area (Å²) in [6.07, 6.45) is 5.17. The third kappa shape index (κ3) is 7.19. The number of pyridine rings is 1. The van der Waals surface area contributed by atoms with Crippen LogP contribution in [0.25, 0.3) is 0 Å². The Kier molecular flexibility index (Phi) is 6.77. The zero-order valence-electron chi connectivity index (χ0n) is 12.7. The van der Waals surface area contributed by atoms with Gasteiger partial charge in [-0.1, -0.05) is 13.8 Å². The van der Waals surface area contributed by atoms with E-state index in [2.05, 4.69) is 24.1 Å². The van der Waals surface area contributed by atoms with Crippen molar-refractivity contribution in [3.8, 4) is 0 Å². The molecule has 21 heavy (non-hydrogen) atoms. The lowest BCUT2D eigenvalue weighted by Gasteiger charge is -2.19. The Labute approximate surface area is 126 Å². The number of nitrogens with zero attached hydrogens (tertiary/aromatic N) is 2. The number of rotatable bonds is 8. The van der Waals surface area contributed by atoms with Crippen molar-refractivity contribution < 1.29 is 13.2 Å².